The summed E-state index contributed by atoms with van der Waals surface area (Å²) in [5.74, 6) is 0. The smallest absolute Gasteiger partial charge is 0.0434 e. The van der Waals surface area contributed by atoms with Gasteiger partial charge >= 0.3 is 0 Å². The Kier molecular flexibility index (Phi) is 4.35. The molecule has 3 heteroatoms. The Hall–Kier alpha value is -0.120. The van der Waals surface area contributed by atoms with Crippen LogP contribution >= 0.6 is 0 Å². The molecule has 14 heavy (non-hydrogen) atoms. The molecule has 0 amide bonds. The van der Waals surface area contributed by atoms with Crippen LogP contribution in [0.3, 0.4) is 0 Å². The molecule has 0 aromatic heterocycles. The highest BCUT2D eigenvalue weighted by Crippen LogP contribution is 2.20. The molecular formula is C11H25N3. The zero-order chi connectivity index (χ0) is 10.6. The first-order valence-electron chi connectivity index (χ1n) is 5.78. The standard InChI is InChI=1S/C11H25N3/c1-4-10(2)13-11(8-12)6-5-7-14(3)9-11/h10,13H,4-9,12H2,1-3H3. The Bertz CT molecular complexity index is 172. The van der Waals surface area contributed by atoms with E-state index in [4.69, 9.17) is 5.73 Å². The molecule has 1 heterocycles. The summed E-state index contributed by atoms with van der Waals surface area (Å²) in [5.41, 5.74) is 6.08. The van der Waals surface area contributed by atoms with Crippen molar-refractivity contribution in [3.8, 4) is 0 Å². The maximum absolute atomic E-state index is 5.91. The van der Waals surface area contributed by atoms with E-state index in [0.717, 1.165) is 13.1 Å². The summed E-state index contributed by atoms with van der Waals surface area (Å²) in [7, 11) is 2.18. The molecule has 3 nitrogen and oxygen atoms in total. The van der Waals surface area contributed by atoms with E-state index in [1.807, 2.05) is 0 Å². The third-order valence-corrected chi connectivity index (χ3v) is 3.32. The van der Waals surface area contributed by atoms with Crippen molar-refractivity contribution in [1.29, 1.82) is 0 Å². The molecule has 3 N–H and O–H groups in total. The van der Waals surface area contributed by atoms with Crippen molar-refractivity contribution in [3.63, 3.8) is 0 Å². The molecule has 0 radical (unpaired) electrons. The van der Waals surface area contributed by atoms with Crippen molar-refractivity contribution in [1.82, 2.24) is 10.2 Å². The highest BCUT2D eigenvalue weighted by atomic mass is 15.2. The van der Waals surface area contributed by atoms with Gasteiger partial charge in [-0.15, -0.1) is 0 Å². The van der Waals surface area contributed by atoms with E-state index in [9.17, 15) is 0 Å². The summed E-state index contributed by atoms with van der Waals surface area (Å²) >= 11 is 0. The second-order valence-corrected chi connectivity index (χ2v) is 4.78. The molecule has 0 saturated carbocycles. The van der Waals surface area contributed by atoms with E-state index in [-0.39, 0.29) is 5.54 Å². The number of nitrogens with one attached hydrogen (secondary N) is 1. The maximum Gasteiger partial charge on any atom is 0.0434 e. The summed E-state index contributed by atoms with van der Waals surface area (Å²) < 4.78 is 0. The molecule has 0 bridgehead atoms. The van der Waals surface area contributed by atoms with Crippen LogP contribution in [0.15, 0.2) is 0 Å². The monoisotopic (exact) mass is 199 g/mol. The van der Waals surface area contributed by atoms with Crippen LogP contribution in [0.1, 0.15) is 33.1 Å². The predicted octanol–water partition coefficient (Wildman–Crippen LogP) is 0.798. The van der Waals surface area contributed by atoms with Crippen molar-refractivity contribution in [3.05, 3.63) is 0 Å². The summed E-state index contributed by atoms with van der Waals surface area (Å²) in [4.78, 5) is 2.38. The number of hydrogen-bond donors (Lipinski definition) is 2. The number of rotatable bonds is 4. The molecule has 2 unspecified atom stereocenters. The maximum atomic E-state index is 5.91. The number of piperidine rings is 1. The number of hydrogen-bond acceptors (Lipinski definition) is 3. The Labute approximate surface area is 88.0 Å². The van der Waals surface area contributed by atoms with E-state index in [0.29, 0.717) is 6.04 Å². The molecule has 0 aliphatic carbocycles. The van der Waals surface area contributed by atoms with Crippen LogP contribution in [0.2, 0.25) is 0 Å². The van der Waals surface area contributed by atoms with Gasteiger partial charge in [0.15, 0.2) is 0 Å². The van der Waals surface area contributed by atoms with Crippen LogP contribution in [-0.2, 0) is 0 Å². The topological polar surface area (TPSA) is 41.3 Å². The molecule has 1 aliphatic heterocycles. The Morgan fingerprint density at radius 3 is 2.79 bits per heavy atom. The van der Waals surface area contributed by atoms with Gasteiger partial charge in [0.05, 0.1) is 0 Å². The minimum absolute atomic E-state index is 0.169. The first-order chi connectivity index (χ1) is 6.62. The fourth-order valence-corrected chi connectivity index (χ4v) is 2.33. The highest BCUT2D eigenvalue weighted by Gasteiger charge is 2.33. The van der Waals surface area contributed by atoms with Gasteiger partial charge in [0, 0.05) is 24.7 Å². The van der Waals surface area contributed by atoms with Crippen molar-refractivity contribution in [2.75, 3.05) is 26.7 Å². The fourth-order valence-electron chi connectivity index (χ4n) is 2.33. The molecule has 0 spiro atoms. The number of nitrogens with zero attached hydrogens (tertiary/aromatic N) is 1. The van der Waals surface area contributed by atoms with Crippen molar-refractivity contribution >= 4 is 0 Å². The SMILES string of the molecule is CCC(C)NC1(CN)CCCN(C)C1. The Balaban J connectivity index is 2.55. The van der Waals surface area contributed by atoms with Gasteiger partial charge in [-0.2, -0.15) is 0 Å². The summed E-state index contributed by atoms with van der Waals surface area (Å²) in [6.45, 7) is 7.51. The Morgan fingerprint density at radius 1 is 1.57 bits per heavy atom. The van der Waals surface area contributed by atoms with Gasteiger partial charge in [0.2, 0.25) is 0 Å². The predicted molar refractivity (Wildman–Crippen MR) is 61.4 cm³/mol. The number of likely N-dealkylation sites (N-methyl/N-ethyl adjacent to an activating group) is 1. The van der Waals surface area contributed by atoms with Crippen LogP contribution in [0.25, 0.3) is 0 Å². The lowest BCUT2D eigenvalue weighted by molar-refractivity contribution is 0.138. The lowest BCUT2D eigenvalue weighted by Crippen LogP contribution is -2.62. The van der Waals surface area contributed by atoms with Gasteiger partial charge in [-0.25, -0.2) is 0 Å². The van der Waals surface area contributed by atoms with Crippen LogP contribution in [0.5, 0.6) is 0 Å². The van der Waals surface area contributed by atoms with Crippen molar-refractivity contribution < 1.29 is 0 Å². The van der Waals surface area contributed by atoms with E-state index in [1.165, 1.54) is 25.8 Å². The third kappa shape index (κ3) is 2.94. The fraction of sp³-hybridized carbons (Fsp3) is 1.00. The largest absolute Gasteiger partial charge is 0.329 e. The lowest BCUT2D eigenvalue weighted by atomic mass is 9.88. The Morgan fingerprint density at radius 2 is 2.29 bits per heavy atom. The van der Waals surface area contributed by atoms with Crippen molar-refractivity contribution in [2.45, 2.75) is 44.7 Å². The van der Waals surface area contributed by atoms with E-state index >= 15 is 0 Å². The van der Waals surface area contributed by atoms with Crippen LogP contribution in [0, 0.1) is 0 Å². The molecule has 1 fully saturated rings. The zero-order valence-corrected chi connectivity index (χ0v) is 9.84. The van der Waals surface area contributed by atoms with E-state index in [1.54, 1.807) is 0 Å². The molecular weight excluding hydrogens is 174 g/mol. The number of nitrogens with two attached hydrogens (primary N) is 1. The van der Waals surface area contributed by atoms with Crippen molar-refractivity contribution in [2.24, 2.45) is 5.73 Å². The molecule has 0 aromatic carbocycles. The minimum Gasteiger partial charge on any atom is -0.329 e. The lowest BCUT2D eigenvalue weighted by Gasteiger charge is -2.43. The first kappa shape index (κ1) is 12.0. The van der Waals surface area contributed by atoms with E-state index in [2.05, 4.69) is 31.1 Å². The van der Waals surface area contributed by atoms with Gasteiger partial charge < -0.3 is 16.0 Å². The second-order valence-electron chi connectivity index (χ2n) is 4.78. The van der Waals surface area contributed by atoms with Gasteiger partial charge in [-0.05, 0) is 39.8 Å². The summed E-state index contributed by atoms with van der Waals surface area (Å²) in [6.07, 6.45) is 3.65. The number of likely N-dealkylation sites (tertiary alicyclic amines) is 1. The first-order valence-corrected chi connectivity index (χ1v) is 5.78. The minimum atomic E-state index is 0.169. The molecule has 1 saturated heterocycles. The molecule has 84 valence electrons. The normalized spacial score (nSPS) is 31.7. The van der Waals surface area contributed by atoms with Gasteiger partial charge in [-0.1, -0.05) is 6.92 Å². The summed E-state index contributed by atoms with van der Waals surface area (Å²) in [5, 5.41) is 3.70. The summed E-state index contributed by atoms with van der Waals surface area (Å²) in [6, 6.07) is 0.574. The van der Waals surface area contributed by atoms with Crippen LogP contribution in [-0.4, -0.2) is 43.2 Å². The molecule has 1 rings (SSSR count). The zero-order valence-electron chi connectivity index (χ0n) is 9.84. The molecule has 2 atom stereocenters. The van der Waals surface area contributed by atoms with E-state index < -0.39 is 0 Å². The second kappa shape index (κ2) is 5.10. The average molecular weight is 199 g/mol. The van der Waals surface area contributed by atoms with Crippen LogP contribution < -0.4 is 11.1 Å². The third-order valence-electron chi connectivity index (χ3n) is 3.32. The van der Waals surface area contributed by atoms with Crippen LogP contribution in [0.4, 0.5) is 0 Å². The van der Waals surface area contributed by atoms with Gasteiger partial charge in [-0.3, -0.25) is 0 Å². The quantitative estimate of drug-likeness (QED) is 0.703. The van der Waals surface area contributed by atoms with Gasteiger partial charge in [0.1, 0.15) is 0 Å². The molecule has 0 aromatic rings. The van der Waals surface area contributed by atoms with Gasteiger partial charge in [0.25, 0.3) is 0 Å². The molecule has 1 aliphatic rings. The highest BCUT2D eigenvalue weighted by molar-refractivity contribution is 4.96. The average Bonchev–Trinajstić information content (AvgIpc) is 2.17.